The molecule has 1 aliphatic heterocycles. The van der Waals surface area contributed by atoms with Gasteiger partial charge < -0.3 is 19.9 Å². The number of nitrogens with one attached hydrogen (secondary N) is 1. The zero-order valence-corrected chi connectivity index (χ0v) is 18.1. The molecule has 1 fully saturated rings. The molecule has 1 amide bonds. The van der Waals surface area contributed by atoms with E-state index >= 15 is 0 Å². The van der Waals surface area contributed by atoms with Crippen LogP contribution in [0.3, 0.4) is 0 Å². The molecule has 2 aromatic rings. The van der Waals surface area contributed by atoms with E-state index in [1.165, 1.54) is 0 Å². The summed E-state index contributed by atoms with van der Waals surface area (Å²) >= 11 is 0. The molecular weight excluding hydrogens is 423 g/mol. The molecule has 2 heterocycles. The van der Waals surface area contributed by atoms with Gasteiger partial charge in [0.05, 0.1) is 18.8 Å². The van der Waals surface area contributed by atoms with Crippen LogP contribution in [0.1, 0.15) is 32.6 Å². The van der Waals surface area contributed by atoms with Gasteiger partial charge in [0.2, 0.25) is 11.9 Å². The maximum absolute atomic E-state index is 13.3. The first-order valence-electron chi connectivity index (χ1n) is 10.8. The van der Waals surface area contributed by atoms with Crippen LogP contribution in [0.5, 0.6) is 5.75 Å². The van der Waals surface area contributed by atoms with Gasteiger partial charge in [0.15, 0.2) is 23.3 Å². The van der Waals surface area contributed by atoms with Crippen molar-refractivity contribution in [3.63, 3.8) is 0 Å². The molecule has 0 bridgehead atoms. The molecular formula is C22H26F3N5O2. The molecule has 1 aromatic carbocycles. The van der Waals surface area contributed by atoms with E-state index in [9.17, 15) is 18.0 Å². The minimum Gasteiger partial charge on any atom is -0.490 e. The molecule has 10 heteroatoms. The van der Waals surface area contributed by atoms with Crippen LogP contribution in [0.15, 0.2) is 18.3 Å². The maximum atomic E-state index is 13.3. The third kappa shape index (κ3) is 4.58. The number of carbonyl (C=O) groups is 1. The largest absolute Gasteiger partial charge is 0.490 e. The highest BCUT2D eigenvalue weighted by Crippen LogP contribution is 2.34. The Labute approximate surface area is 184 Å². The van der Waals surface area contributed by atoms with Crippen LogP contribution in [0.4, 0.5) is 30.6 Å². The molecule has 7 nitrogen and oxygen atoms in total. The Morgan fingerprint density at radius 2 is 1.94 bits per heavy atom. The van der Waals surface area contributed by atoms with E-state index in [2.05, 4.69) is 22.2 Å². The van der Waals surface area contributed by atoms with Gasteiger partial charge in [-0.25, -0.2) is 18.2 Å². The van der Waals surface area contributed by atoms with Gasteiger partial charge in [0, 0.05) is 32.3 Å². The SMILES string of the molecule is CCCCN1CC(=O)N(C)c2cnc(NC[C@H]3C[C@@H](Oc4cc(F)c(F)c(F)c4)C3)nc21. The topological polar surface area (TPSA) is 70.6 Å². The Balaban J connectivity index is 1.32. The number of benzene rings is 1. The predicted molar refractivity (Wildman–Crippen MR) is 115 cm³/mol. The lowest BCUT2D eigenvalue weighted by Crippen LogP contribution is -2.45. The lowest BCUT2D eigenvalue weighted by molar-refractivity contribution is -0.117. The first kappa shape index (κ1) is 22.2. The fourth-order valence-corrected chi connectivity index (χ4v) is 3.90. The van der Waals surface area contributed by atoms with Crippen LogP contribution >= 0.6 is 0 Å². The monoisotopic (exact) mass is 449 g/mol. The van der Waals surface area contributed by atoms with E-state index in [0.717, 1.165) is 37.3 Å². The number of halogens is 3. The van der Waals surface area contributed by atoms with E-state index in [-0.39, 0.29) is 23.7 Å². The molecule has 1 aliphatic carbocycles. The van der Waals surface area contributed by atoms with Gasteiger partial charge in [-0.15, -0.1) is 0 Å². The molecule has 0 radical (unpaired) electrons. The van der Waals surface area contributed by atoms with Crippen molar-refractivity contribution in [2.24, 2.45) is 5.92 Å². The number of fused-ring (bicyclic) bond motifs is 1. The fourth-order valence-electron chi connectivity index (χ4n) is 3.90. The molecule has 1 aromatic heterocycles. The first-order chi connectivity index (χ1) is 15.4. The molecule has 1 N–H and O–H groups in total. The van der Waals surface area contributed by atoms with Crippen LogP contribution < -0.4 is 19.9 Å². The van der Waals surface area contributed by atoms with Crippen LogP contribution in [0, 0.1) is 23.4 Å². The number of rotatable bonds is 8. The average Bonchev–Trinajstić information content (AvgIpc) is 2.74. The Kier molecular flexibility index (Phi) is 6.38. The number of anilines is 3. The molecule has 172 valence electrons. The van der Waals surface area contributed by atoms with Gasteiger partial charge in [-0.1, -0.05) is 13.3 Å². The molecule has 4 rings (SSSR count). The van der Waals surface area contributed by atoms with Crippen molar-refractivity contribution in [3.05, 3.63) is 35.8 Å². The van der Waals surface area contributed by atoms with E-state index in [0.29, 0.717) is 37.6 Å². The summed E-state index contributed by atoms with van der Waals surface area (Å²) in [5.41, 5.74) is 0.693. The summed E-state index contributed by atoms with van der Waals surface area (Å²) in [5.74, 6) is -2.50. The van der Waals surface area contributed by atoms with E-state index in [1.807, 2.05) is 4.90 Å². The highest BCUT2D eigenvalue weighted by molar-refractivity contribution is 6.01. The van der Waals surface area contributed by atoms with Crippen LogP contribution in [0.2, 0.25) is 0 Å². The third-order valence-electron chi connectivity index (χ3n) is 5.89. The smallest absolute Gasteiger partial charge is 0.246 e. The van der Waals surface area contributed by atoms with Crippen LogP contribution in [-0.4, -0.2) is 48.7 Å². The van der Waals surface area contributed by atoms with Gasteiger partial charge in [-0.05, 0) is 25.2 Å². The van der Waals surface area contributed by atoms with Crippen molar-refractivity contribution in [2.75, 3.05) is 41.8 Å². The zero-order valence-electron chi connectivity index (χ0n) is 18.1. The number of unbranched alkanes of at least 4 members (excludes halogenated alkanes) is 1. The van der Waals surface area contributed by atoms with E-state index in [4.69, 9.17) is 4.74 Å². The summed E-state index contributed by atoms with van der Waals surface area (Å²) in [7, 11) is 1.72. The highest BCUT2D eigenvalue weighted by Gasteiger charge is 2.32. The Bertz CT molecular complexity index is 977. The summed E-state index contributed by atoms with van der Waals surface area (Å²) in [5, 5.41) is 3.23. The summed E-state index contributed by atoms with van der Waals surface area (Å²) in [6.45, 7) is 3.77. The summed E-state index contributed by atoms with van der Waals surface area (Å²) in [6.07, 6.45) is 4.85. The lowest BCUT2D eigenvalue weighted by atomic mass is 9.82. The number of likely N-dealkylation sites (N-methyl/N-ethyl adjacent to an activating group) is 1. The quantitative estimate of drug-likeness (QED) is 0.619. The number of aromatic nitrogens is 2. The second-order valence-corrected chi connectivity index (χ2v) is 8.29. The van der Waals surface area contributed by atoms with Crippen molar-refractivity contribution < 1.29 is 22.7 Å². The zero-order chi connectivity index (χ0) is 22.8. The normalized spacial score (nSPS) is 20.1. The van der Waals surface area contributed by atoms with E-state index < -0.39 is 17.5 Å². The molecule has 0 saturated heterocycles. The van der Waals surface area contributed by atoms with Crippen molar-refractivity contribution in [1.29, 1.82) is 0 Å². The lowest BCUT2D eigenvalue weighted by Gasteiger charge is -2.36. The maximum Gasteiger partial charge on any atom is 0.246 e. The number of carbonyl (C=O) groups excluding carboxylic acids is 1. The van der Waals surface area contributed by atoms with Gasteiger partial charge in [0.25, 0.3) is 0 Å². The summed E-state index contributed by atoms with van der Waals surface area (Å²) < 4.78 is 45.2. The fraction of sp³-hybridized carbons (Fsp3) is 0.500. The molecule has 32 heavy (non-hydrogen) atoms. The molecule has 2 aliphatic rings. The average molecular weight is 449 g/mol. The number of amides is 1. The standard InChI is InChI=1S/C22H26F3N5O2/c1-3-4-5-30-12-19(31)29(2)18-11-27-22(28-21(18)30)26-10-13-6-14(7-13)32-15-8-16(23)20(25)17(24)9-15/h8-9,11,13-14H,3-7,10,12H2,1-2H3,(H,26,27,28)/t13-,14+. The first-order valence-corrected chi connectivity index (χ1v) is 10.8. The summed E-state index contributed by atoms with van der Waals surface area (Å²) in [6, 6.07) is 1.72. The minimum absolute atomic E-state index is 0.0123. The Hall–Kier alpha value is -3.04. The van der Waals surface area contributed by atoms with Gasteiger partial charge in [-0.2, -0.15) is 4.98 Å². The van der Waals surface area contributed by atoms with Gasteiger partial charge >= 0.3 is 0 Å². The Morgan fingerprint density at radius 3 is 2.62 bits per heavy atom. The van der Waals surface area contributed by atoms with E-state index in [1.54, 1.807) is 18.1 Å². The van der Waals surface area contributed by atoms with Gasteiger partial charge in [0.1, 0.15) is 11.4 Å². The minimum atomic E-state index is -1.50. The third-order valence-corrected chi connectivity index (χ3v) is 5.89. The van der Waals surface area contributed by atoms with Gasteiger partial charge in [-0.3, -0.25) is 4.79 Å². The van der Waals surface area contributed by atoms with Crippen molar-refractivity contribution in [3.8, 4) is 5.75 Å². The molecule has 0 spiro atoms. The number of hydrogen-bond donors (Lipinski definition) is 1. The molecule has 1 saturated carbocycles. The highest BCUT2D eigenvalue weighted by atomic mass is 19.2. The number of hydrogen-bond acceptors (Lipinski definition) is 6. The Morgan fingerprint density at radius 1 is 1.22 bits per heavy atom. The van der Waals surface area contributed by atoms with Crippen molar-refractivity contribution >= 4 is 23.4 Å². The second kappa shape index (κ2) is 9.22. The van der Waals surface area contributed by atoms with Crippen molar-refractivity contribution in [2.45, 2.75) is 38.7 Å². The summed E-state index contributed by atoms with van der Waals surface area (Å²) in [4.78, 5) is 24.8. The van der Waals surface area contributed by atoms with Crippen LogP contribution in [0.25, 0.3) is 0 Å². The predicted octanol–water partition coefficient (Wildman–Crippen LogP) is 3.75. The molecule has 0 unspecified atom stereocenters. The van der Waals surface area contributed by atoms with Crippen LogP contribution in [-0.2, 0) is 4.79 Å². The second-order valence-electron chi connectivity index (χ2n) is 8.29. The van der Waals surface area contributed by atoms with Crippen molar-refractivity contribution in [1.82, 2.24) is 9.97 Å². The number of nitrogens with zero attached hydrogens (tertiary/aromatic N) is 4. The molecule has 0 atom stereocenters. The number of ether oxygens (including phenoxy) is 1.